The Morgan fingerprint density at radius 3 is 2.93 bits per heavy atom. The van der Waals surface area contributed by atoms with Gasteiger partial charge >= 0.3 is 0 Å². The number of hydrogen-bond donors (Lipinski definition) is 2. The van der Waals surface area contributed by atoms with Crippen molar-refractivity contribution in [3.8, 4) is 0 Å². The van der Waals surface area contributed by atoms with E-state index in [0.29, 0.717) is 50.9 Å². The molecule has 3 heterocycles. The maximum Gasteiger partial charge on any atom is 0.214 e. The monoisotopic (exact) mass is 512 g/mol. The third-order valence-corrected chi connectivity index (χ3v) is 6.60. The third-order valence-electron chi connectivity index (χ3n) is 4.65. The van der Waals surface area contributed by atoms with Gasteiger partial charge in [0.05, 0.1) is 5.75 Å². The van der Waals surface area contributed by atoms with Crippen molar-refractivity contribution in [3.63, 3.8) is 0 Å². The lowest BCUT2D eigenvalue weighted by atomic mass is 10.3. The average molecular weight is 512 g/mol. The molecule has 2 N–H and O–H groups in total. The lowest BCUT2D eigenvalue weighted by Crippen LogP contribution is -2.46. The molecule has 1 aromatic heterocycles. The van der Waals surface area contributed by atoms with Crippen LogP contribution in [0.25, 0.3) is 0 Å². The summed E-state index contributed by atoms with van der Waals surface area (Å²) in [4.78, 5) is 10.2. The zero-order chi connectivity index (χ0) is 18.6. The average Bonchev–Trinajstić information content (AvgIpc) is 3.21. The predicted molar refractivity (Wildman–Crippen MR) is 115 cm³/mol. The highest BCUT2D eigenvalue weighted by molar-refractivity contribution is 14.0. The van der Waals surface area contributed by atoms with Crippen LogP contribution in [-0.4, -0.2) is 75.2 Å². The Balaban J connectivity index is 0.00000261. The molecule has 2 fully saturated rings. The van der Waals surface area contributed by atoms with Crippen molar-refractivity contribution in [3.05, 3.63) is 24.1 Å². The number of nitrogens with zero attached hydrogens (tertiary/aromatic N) is 4. The number of sulfonamides is 1. The molecule has 2 aliphatic rings. The fourth-order valence-electron chi connectivity index (χ4n) is 3.31. The van der Waals surface area contributed by atoms with E-state index in [2.05, 4.69) is 20.6 Å². The summed E-state index contributed by atoms with van der Waals surface area (Å²) in [6.07, 6.45) is 3.13. The van der Waals surface area contributed by atoms with Crippen LogP contribution < -0.4 is 15.5 Å². The number of nitrogens with one attached hydrogen (secondary N) is 2. The second-order valence-corrected chi connectivity index (χ2v) is 8.54. The molecule has 0 aromatic carbocycles. The first-order chi connectivity index (χ1) is 12.5. The number of aromatic nitrogens is 1. The smallest absolute Gasteiger partial charge is 0.214 e. The number of rotatable bonds is 5. The van der Waals surface area contributed by atoms with Gasteiger partial charge < -0.3 is 15.5 Å². The van der Waals surface area contributed by atoms with E-state index in [1.54, 1.807) is 19.3 Å². The first-order valence-corrected chi connectivity index (χ1v) is 10.4. The molecule has 152 valence electrons. The van der Waals surface area contributed by atoms with Gasteiger partial charge in [0.2, 0.25) is 10.0 Å². The van der Waals surface area contributed by atoms with E-state index in [0.717, 1.165) is 6.42 Å². The van der Waals surface area contributed by atoms with E-state index in [-0.39, 0.29) is 41.6 Å². The molecule has 1 atom stereocenters. The lowest BCUT2D eigenvalue weighted by molar-refractivity contribution is 0.444. The fourth-order valence-corrected chi connectivity index (χ4v) is 4.84. The van der Waals surface area contributed by atoms with Gasteiger partial charge in [0, 0.05) is 52.0 Å². The Morgan fingerprint density at radius 1 is 1.44 bits per heavy atom. The van der Waals surface area contributed by atoms with Crippen molar-refractivity contribution in [2.75, 3.05) is 50.4 Å². The molecule has 0 aliphatic carbocycles. The summed E-state index contributed by atoms with van der Waals surface area (Å²) in [5.41, 5.74) is 0. The molecule has 0 bridgehead atoms. The molecular formula is C16H26FIN6O2S. The number of aliphatic imine (C=N–C) groups is 1. The maximum absolute atomic E-state index is 13.9. The first kappa shape index (κ1) is 22.1. The van der Waals surface area contributed by atoms with Gasteiger partial charge in [-0.05, 0) is 25.0 Å². The Bertz CT molecular complexity index is 763. The highest BCUT2D eigenvalue weighted by Crippen LogP contribution is 2.20. The van der Waals surface area contributed by atoms with E-state index in [1.807, 2.05) is 4.90 Å². The highest BCUT2D eigenvalue weighted by Gasteiger charge is 2.28. The molecule has 2 aliphatic heterocycles. The molecule has 8 nitrogen and oxygen atoms in total. The largest absolute Gasteiger partial charge is 0.355 e. The quantitative estimate of drug-likeness (QED) is 0.342. The minimum Gasteiger partial charge on any atom is -0.355 e. The van der Waals surface area contributed by atoms with Gasteiger partial charge in [-0.3, -0.25) is 4.99 Å². The summed E-state index contributed by atoms with van der Waals surface area (Å²) < 4.78 is 39.0. The van der Waals surface area contributed by atoms with Crippen LogP contribution in [0, 0.1) is 5.82 Å². The summed E-state index contributed by atoms with van der Waals surface area (Å²) in [5, 5.41) is 6.46. The summed E-state index contributed by atoms with van der Waals surface area (Å²) in [7, 11) is -1.40. The summed E-state index contributed by atoms with van der Waals surface area (Å²) in [6.45, 7) is 2.86. The zero-order valence-electron chi connectivity index (χ0n) is 15.3. The van der Waals surface area contributed by atoms with Crippen LogP contribution in [0.4, 0.5) is 10.2 Å². The molecule has 0 amide bonds. The normalized spacial score (nSPS) is 22.5. The zero-order valence-corrected chi connectivity index (χ0v) is 18.4. The van der Waals surface area contributed by atoms with Gasteiger partial charge in [-0.1, -0.05) is 0 Å². The van der Waals surface area contributed by atoms with Crippen LogP contribution in [0.5, 0.6) is 0 Å². The van der Waals surface area contributed by atoms with Crippen LogP contribution in [0.15, 0.2) is 23.3 Å². The molecule has 27 heavy (non-hydrogen) atoms. The molecular weight excluding hydrogens is 486 g/mol. The van der Waals surface area contributed by atoms with Crippen LogP contribution in [-0.2, 0) is 10.0 Å². The van der Waals surface area contributed by atoms with E-state index in [1.165, 1.54) is 10.4 Å². The molecule has 1 aromatic rings. The number of anilines is 1. The second-order valence-electron chi connectivity index (χ2n) is 6.45. The van der Waals surface area contributed by atoms with Crippen molar-refractivity contribution >= 4 is 45.8 Å². The van der Waals surface area contributed by atoms with Crippen molar-refractivity contribution in [2.24, 2.45) is 4.99 Å². The Hall–Kier alpha value is -1.21. The van der Waals surface area contributed by atoms with Gasteiger partial charge in [0.15, 0.2) is 17.6 Å². The third kappa shape index (κ3) is 5.64. The predicted octanol–water partition coefficient (Wildman–Crippen LogP) is 0.618. The Labute approximate surface area is 176 Å². The van der Waals surface area contributed by atoms with Gasteiger partial charge in [0.1, 0.15) is 0 Å². The number of hydrogen-bond acceptors (Lipinski definition) is 5. The van der Waals surface area contributed by atoms with E-state index < -0.39 is 10.0 Å². The van der Waals surface area contributed by atoms with Crippen LogP contribution >= 0.6 is 24.0 Å². The second kappa shape index (κ2) is 9.82. The van der Waals surface area contributed by atoms with Crippen molar-refractivity contribution in [2.45, 2.75) is 18.9 Å². The Morgan fingerprint density at radius 2 is 2.26 bits per heavy atom. The molecule has 0 spiro atoms. The van der Waals surface area contributed by atoms with Crippen molar-refractivity contribution < 1.29 is 12.8 Å². The standard InChI is InChI=1S/C16H25FN6O2S.HI/c1-18-16(20-7-10-23-8-3-11-26(23,24)25)21-13-5-9-22(12-13)15-14(17)4-2-6-19-15;/h2,4,6,13H,3,5,7-12H2,1H3,(H2,18,20,21);1H. The Kier molecular flexibility index (Phi) is 8.04. The van der Waals surface area contributed by atoms with Gasteiger partial charge in [-0.25, -0.2) is 22.1 Å². The number of guanidine groups is 1. The maximum atomic E-state index is 13.9. The van der Waals surface area contributed by atoms with E-state index in [4.69, 9.17) is 0 Å². The van der Waals surface area contributed by atoms with Crippen LogP contribution in [0.3, 0.4) is 0 Å². The summed E-state index contributed by atoms with van der Waals surface area (Å²) in [6, 6.07) is 3.12. The molecule has 0 radical (unpaired) electrons. The van der Waals surface area contributed by atoms with Crippen LogP contribution in [0.1, 0.15) is 12.8 Å². The number of pyridine rings is 1. The lowest BCUT2D eigenvalue weighted by Gasteiger charge is -2.20. The number of halogens is 2. The van der Waals surface area contributed by atoms with Gasteiger partial charge in [-0.2, -0.15) is 0 Å². The van der Waals surface area contributed by atoms with Gasteiger partial charge in [-0.15, -0.1) is 24.0 Å². The van der Waals surface area contributed by atoms with E-state index >= 15 is 0 Å². The molecule has 0 saturated carbocycles. The van der Waals surface area contributed by atoms with Crippen LogP contribution in [0.2, 0.25) is 0 Å². The van der Waals surface area contributed by atoms with Gasteiger partial charge in [0.25, 0.3) is 0 Å². The molecule has 1 unspecified atom stereocenters. The molecule has 2 saturated heterocycles. The molecule has 3 rings (SSSR count). The van der Waals surface area contributed by atoms with Crippen molar-refractivity contribution in [1.29, 1.82) is 0 Å². The fraction of sp³-hybridized carbons (Fsp3) is 0.625. The highest BCUT2D eigenvalue weighted by atomic mass is 127. The van der Waals surface area contributed by atoms with E-state index in [9.17, 15) is 12.8 Å². The summed E-state index contributed by atoms with van der Waals surface area (Å²) >= 11 is 0. The summed E-state index contributed by atoms with van der Waals surface area (Å²) in [5.74, 6) is 0.915. The first-order valence-electron chi connectivity index (χ1n) is 8.80. The SMILES string of the molecule is CN=C(NCCN1CCCS1(=O)=O)NC1CCN(c2ncccc2F)C1.I. The topological polar surface area (TPSA) is 89.9 Å². The van der Waals surface area contributed by atoms with Crippen molar-refractivity contribution in [1.82, 2.24) is 19.9 Å². The minimum atomic E-state index is -3.07. The molecule has 11 heteroatoms. The minimum absolute atomic E-state index is 0.